The predicted octanol–water partition coefficient (Wildman–Crippen LogP) is 2.28. The van der Waals surface area contributed by atoms with E-state index < -0.39 is 6.67 Å². The summed E-state index contributed by atoms with van der Waals surface area (Å²) in [6.07, 6.45) is 3.69. The van der Waals surface area contributed by atoms with E-state index in [4.69, 9.17) is 4.74 Å². The van der Waals surface area contributed by atoms with E-state index in [1.165, 1.54) is 5.56 Å². The molecular formula is C25H34FN7O2. The van der Waals surface area contributed by atoms with Gasteiger partial charge in [0, 0.05) is 52.1 Å². The smallest absolute Gasteiger partial charge is 0.236 e. The summed E-state index contributed by atoms with van der Waals surface area (Å²) in [5.41, 5.74) is 1.34. The van der Waals surface area contributed by atoms with Crippen LogP contribution in [-0.4, -0.2) is 93.7 Å². The number of ether oxygens (including phenoxy) is 1. The number of nitrogens with zero attached hydrogens (tertiary/aromatic N) is 7. The van der Waals surface area contributed by atoms with E-state index in [0.29, 0.717) is 19.1 Å². The number of hydrogen-bond acceptors (Lipinski definition) is 7. The van der Waals surface area contributed by atoms with Crippen LogP contribution in [0.2, 0.25) is 0 Å². The van der Waals surface area contributed by atoms with Crippen LogP contribution in [0.15, 0.2) is 29.4 Å². The average Bonchev–Trinajstić information content (AvgIpc) is 3.32. The zero-order valence-corrected chi connectivity index (χ0v) is 20.4. The number of piperazine rings is 1. The van der Waals surface area contributed by atoms with Gasteiger partial charge in [-0.05, 0) is 43.4 Å². The number of likely N-dealkylation sites (N-methyl/N-ethyl adjacent to an activating group) is 1. The van der Waals surface area contributed by atoms with Crippen LogP contribution < -0.4 is 4.74 Å². The molecule has 1 aromatic heterocycles. The summed E-state index contributed by atoms with van der Waals surface area (Å²) in [5.74, 6) is 3.62. The number of amidine groups is 1. The van der Waals surface area contributed by atoms with Crippen molar-refractivity contribution >= 4 is 11.7 Å². The molecule has 0 spiro atoms. The van der Waals surface area contributed by atoms with Gasteiger partial charge in [0.05, 0.1) is 6.54 Å². The van der Waals surface area contributed by atoms with Gasteiger partial charge in [-0.15, -0.1) is 10.2 Å². The first-order valence-electron chi connectivity index (χ1n) is 12.7. The van der Waals surface area contributed by atoms with E-state index in [2.05, 4.69) is 49.4 Å². The van der Waals surface area contributed by atoms with Crippen molar-refractivity contribution in [2.24, 2.45) is 5.10 Å². The minimum Gasteiger partial charge on any atom is -0.492 e. The maximum Gasteiger partial charge on any atom is 0.236 e. The van der Waals surface area contributed by atoms with Gasteiger partial charge in [0.2, 0.25) is 5.91 Å². The number of likely N-dealkylation sites (tertiary alicyclic amines) is 1. The lowest BCUT2D eigenvalue weighted by Gasteiger charge is -2.35. The third kappa shape index (κ3) is 5.32. The Labute approximate surface area is 205 Å². The Kier molecular flexibility index (Phi) is 7.26. The fourth-order valence-corrected chi connectivity index (χ4v) is 5.20. The summed E-state index contributed by atoms with van der Waals surface area (Å²) in [5, 5.41) is 12.6. The standard InChI is InChI=1S/C25H34FN7O2/c1-2-31-14-13-30(18-25(31)34)15-16-35-21-5-3-19(4-6-21)20-9-11-32(12-10-20)23-8-7-22-27-28-24(17-26)33(22)29-23/h3-6,20H,2,7-18H2,1H3. The first kappa shape index (κ1) is 23.7. The average molecular weight is 484 g/mol. The molecule has 3 aliphatic heterocycles. The highest BCUT2D eigenvalue weighted by atomic mass is 19.1. The normalized spacial score (nSPS) is 19.6. The summed E-state index contributed by atoms with van der Waals surface area (Å²) < 4.78 is 20.7. The third-order valence-corrected chi connectivity index (χ3v) is 7.34. The lowest BCUT2D eigenvalue weighted by molar-refractivity contribution is -0.135. The Morgan fingerprint density at radius 2 is 1.86 bits per heavy atom. The van der Waals surface area contributed by atoms with Crippen molar-refractivity contribution in [2.45, 2.75) is 45.2 Å². The molecule has 1 aromatic carbocycles. The van der Waals surface area contributed by atoms with Crippen molar-refractivity contribution in [2.75, 3.05) is 52.4 Å². The molecule has 10 heteroatoms. The number of piperidine rings is 1. The number of aromatic nitrogens is 3. The highest BCUT2D eigenvalue weighted by molar-refractivity contribution is 5.83. The third-order valence-electron chi connectivity index (χ3n) is 7.34. The van der Waals surface area contributed by atoms with Crippen LogP contribution in [-0.2, 0) is 17.9 Å². The molecular weight excluding hydrogens is 449 g/mol. The Balaban J connectivity index is 1.08. The van der Waals surface area contributed by atoms with Crippen LogP contribution in [0.5, 0.6) is 5.75 Å². The molecule has 4 heterocycles. The molecule has 2 saturated heterocycles. The van der Waals surface area contributed by atoms with E-state index in [9.17, 15) is 9.18 Å². The van der Waals surface area contributed by atoms with Gasteiger partial charge in [0.15, 0.2) is 18.3 Å². The maximum absolute atomic E-state index is 13.1. The molecule has 3 aliphatic rings. The second-order valence-electron chi connectivity index (χ2n) is 9.42. The molecule has 0 radical (unpaired) electrons. The van der Waals surface area contributed by atoms with E-state index in [0.717, 1.165) is 82.4 Å². The molecule has 188 valence electrons. The number of hydrogen-bond donors (Lipinski definition) is 0. The number of benzene rings is 1. The summed E-state index contributed by atoms with van der Waals surface area (Å²) in [4.78, 5) is 18.4. The predicted molar refractivity (Wildman–Crippen MR) is 130 cm³/mol. The monoisotopic (exact) mass is 483 g/mol. The summed E-state index contributed by atoms with van der Waals surface area (Å²) in [6.45, 7) is 7.57. The van der Waals surface area contributed by atoms with Crippen LogP contribution in [0, 0.1) is 0 Å². The Bertz CT molecular complexity index is 1050. The van der Waals surface area contributed by atoms with Crippen LogP contribution >= 0.6 is 0 Å². The molecule has 5 rings (SSSR count). The minimum absolute atomic E-state index is 0.206. The van der Waals surface area contributed by atoms with Gasteiger partial charge in [-0.3, -0.25) is 9.69 Å². The Morgan fingerprint density at radius 1 is 1.06 bits per heavy atom. The van der Waals surface area contributed by atoms with E-state index in [-0.39, 0.29) is 11.7 Å². The van der Waals surface area contributed by atoms with Gasteiger partial charge in [-0.1, -0.05) is 12.1 Å². The number of alkyl halides is 1. The molecule has 0 unspecified atom stereocenters. The highest BCUT2D eigenvalue weighted by Gasteiger charge is 2.26. The first-order valence-corrected chi connectivity index (χ1v) is 12.7. The van der Waals surface area contributed by atoms with Crippen molar-refractivity contribution < 1.29 is 13.9 Å². The van der Waals surface area contributed by atoms with Crippen molar-refractivity contribution in [3.05, 3.63) is 41.5 Å². The van der Waals surface area contributed by atoms with Gasteiger partial charge in [-0.25, -0.2) is 4.39 Å². The Hall–Kier alpha value is -3.01. The molecule has 0 N–H and O–H groups in total. The molecule has 0 saturated carbocycles. The molecule has 0 atom stereocenters. The SMILES string of the molecule is CCN1CCN(CCOc2ccc(C3CCN(C4=Nn5c(CF)nnc5CC4)CC3)cc2)CC1=O. The fourth-order valence-electron chi connectivity index (χ4n) is 5.20. The van der Waals surface area contributed by atoms with Crippen LogP contribution in [0.4, 0.5) is 4.39 Å². The molecule has 35 heavy (non-hydrogen) atoms. The largest absolute Gasteiger partial charge is 0.492 e. The van der Waals surface area contributed by atoms with Gasteiger partial charge in [-0.2, -0.15) is 9.78 Å². The van der Waals surface area contributed by atoms with Crippen LogP contribution in [0.1, 0.15) is 49.3 Å². The number of rotatable bonds is 7. The lowest BCUT2D eigenvalue weighted by Crippen LogP contribution is -2.50. The van der Waals surface area contributed by atoms with Crippen LogP contribution in [0.25, 0.3) is 0 Å². The highest BCUT2D eigenvalue weighted by Crippen LogP contribution is 2.30. The second kappa shape index (κ2) is 10.7. The quantitative estimate of drug-likeness (QED) is 0.601. The molecule has 0 aliphatic carbocycles. The van der Waals surface area contributed by atoms with Crippen LogP contribution in [0.3, 0.4) is 0 Å². The molecule has 0 bridgehead atoms. The Morgan fingerprint density at radius 3 is 2.57 bits per heavy atom. The topological polar surface area (TPSA) is 79.1 Å². The van der Waals surface area contributed by atoms with E-state index >= 15 is 0 Å². The van der Waals surface area contributed by atoms with E-state index in [1.54, 1.807) is 4.68 Å². The number of carbonyl (C=O) groups is 1. The molecule has 2 aromatic rings. The summed E-state index contributed by atoms with van der Waals surface area (Å²) >= 11 is 0. The zero-order chi connectivity index (χ0) is 24.2. The molecule has 2 fully saturated rings. The summed E-state index contributed by atoms with van der Waals surface area (Å²) in [6, 6.07) is 8.46. The number of halogens is 1. The minimum atomic E-state index is -0.652. The van der Waals surface area contributed by atoms with Crippen molar-refractivity contribution in [3.63, 3.8) is 0 Å². The molecule has 1 amide bonds. The van der Waals surface area contributed by atoms with Crippen molar-refractivity contribution in [3.8, 4) is 5.75 Å². The maximum atomic E-state index is 13.1. The number of amides is 1. The van der Waals surface area contributed by atoms with Gasteiger partial charge < -0.3 is 14.5 Å². The summed E-state index contributed by atoms with van der Waals surface area (Å²) in [7, 11) is 0. The number of fused-ring (bicyclic) bond motifs is 1. The fraction of sp³-hybridized carbons (Fsp3) is 0.600. The number of aryl methyl sites for hydroxylation is 1. The first-order chi connectivity index (χ1) is 17.1. The number of carbonyl (C=O) groups excluding carboxylic acids is 1. The van der Waals surface area contributed by atoms with Crippen molar-refractivity contribution in [1.29, 1.82) is 0 Å². The van der Waals surface area contributed by atoms with E-state index in [1.807, 2.05) is 11.8 Å². The van der Waals surface area contributed by atoms with Gasteiger partial charge in [0.25, 0.3) is 0 Å². The van der Waals surface area contributed by atoms with Crippen molar-refractivity contribution in [1.82, 2.24) is 29.6 Å². The lowest BCUT2D eigenvalue weighted by atomic mass is 9.89. The molecule has 9 nitrogen and oxygen atoms in total. The van der Waals surface area contributed by atoms with Gasteiger partial charge in [0.1, 0.15) is 18.2 Å². The van der Waals surface area contributed by atoms with Gasteiger partial charge >= 0.3 is 0 Å². The zero-order valence-electron chi connectivity index (χ0n) is 20.4. The second-order valence-corrected chi connectivity index (χ2v) is 9.42.